The molecule has 0 saturated carbocycles. The number of nitrogens with one attached hydrogen (secondary N) is 3. The van der Waals surface area contributed by atoms with Crippen LogP contribution in [-0.4, -0.2) is 27.5 Å². The highest BCUT2D eigenvalue weighted by Gasteiger charge is 2.68. The van der Waals surface area contributed by atoms with Gasteiger partial charge in [-0.15, -0.1) is 0 Å². The van der Waals surface area contributed by atoms with Crippen molar-refractivity contribution in [3.8, 4) is 5.69 Å². The third kappa shape index (κ3) is 3.17. The molecule has 0 bridgehead atoms. The van der Waals surface area contributed by atoms with Gasteiger partial charge in [-0.3, -0.25) is 19.4 Å². The number of aromatic nitrogens is 2. The molecule has 0 fully saturated rings. The van der Waals surface area contributed by atoms with E-state index in [1.54, 1.807) is 16.4 Å². The lowest BCUT2D eigenvalue weighted by Crippen LogP contribution is -2.62. The van der Waals surface area contributed by atoms with E-state index in [1.165, 1.54) is 48.5 Å². The zero-order valence-corrected chi connectivity index (χ0v) is 16.5. The van der Waals surface area contributed by atoms with Gasteiger partial charge in [0.1, 0.15) is 11.4 Å². The van der Waals surface area contributed by atoms with Crippen molar-refractivity contribution in [2.45, 2.75) is 11.7 Å². The maximum Gasteiger partial charge on any atom is 0.425 e. The molecule has 3 aromatic rings. The van der Waals surface area contributed by atoms with Crippen LogP contribution in [-0.2, 0) is 10.3 Å². The molecule has 0 aliphatic carbocycles. The number of carbonyl (C=O) groups is 2. The number of halogens is 4. The molecule has 1 aliphatic heterocycles. The number of benzene rings is 2. The van der Waals surface area contributed by atoms with E-state index in [9.17, 15) is 32.3 Å². The van der Waals surface area contributed by atoms with Crippen molar-refractivity contribution in [3.63, 3.8) is 0 Å². The highest BCUT2D eigenvalue weighted by atomic mass is 35.5. The predicted molar refractivity (Wildman–Crippen MR) is 108 cm³/mol. The Morgan fingerprint density at radius 2 is 1.62 bits per heavy atom. The number of alkyl halides is 3. The van der Waals surface area contributed by atoms with Crippen LogP contribution in [0.15, 0.2) is 64.2 Å². The van der Waals surface area contributed by atoms with Crippen LogP contribution in [0.3, 0.4) is 0 Å². The number of hydrogen-bond donors (Lipinski definition) is 3. The van der Waals surface area contributed by atoms with E-state index in [4.69, 9.17) is 11.6 Å². The predicted octanol–water partition coefficient (Wildman–Crippen LogP) is 2.32. The van der Waals surface area contributed by atoms with Crippen LogP contribution < -0.4 is 21.9 Å². The maximum atomic E-state index is 14.4. The Bertz CT molecular complexity index is 1350. The fourth-order valence-corrected chi connectivity index (χ4v) is 3.57. The average molecular weight is 465 g/mol. The fraction of sp³-hybridized carbons (Fsp3) is 0.100. The van der Waals surface area contributed by atoms with Crippen LogP contribution in [0, 0.1) is 0 Å². The lowest BCUT2D eigenvalue weighted by atomic mass is 9.91. The first-order valence-corrected chi connectivity index (χ1v) is 9.35. The standard InChI is InChI=1S/C20H12ClF3N4O4/c21-11-6-8-12(9-7-11)28-14-13(16(30)26-18(28)32)19(17(31)25-14,20(22,23)24)27-15(29)10-4-2-1-3-5-10/h1-9H,(H,25,31)(H,27,29)(H,26,30,32). The minimum Gasteiger partial charge on any atom is -0.326 e. The van der Waals surface area contributed by atoms with Crippen molar-refractivity contribution in [2.75, 3.05) is 5.32 Å². The molecule has 0 radical (unpaired) electrons. The molecule has 1 atom stereocenters. The number of anilines is 1. The SMILES string of the molecule is O=C(NC1(C(F)(F)F)C(=O)Nc2c1c(=O)[nH]c(=O)n2-c1ccc(Cl)cc1)c1ccccc1. The molecule has 0 spiro atoms. The van der Waals surface area contributed by atoms with Crippen LogP contribution in [0.2, 0.25) is 5.02 Å². The molecule has 12 heteroatoms. The van der Waals surface area contributed by atoms with Crippen molar-refractivity contribution in [1.29, 1.82) is 0 Å². The Balaban J connectivity index is 1.98. The van der Waals surface area contributed by atoms with E-state index in [1.807, 2.05) is 5.32 Å². The van der Waals surface area contributed by atoms with Crippen molar-refractivity contribution in [1.82, 2.24) is 14.9 Å². The summed E-state index contributed by atoms with van der Waals surface area (Å²) in [6, 6.07) is 12.2. The number of hydrogen-bond acceptors (Lipinski definition) is 4. The second kappa shape index (κ2) is 7.38. The number of rotatable bonds is 3. The number of aromatic amines is 1. The van der Waals surface area contributed by atoms with E-state index < -0.39 is 46.2 Å². The molecule has 164 valence electrons. The van der Waals surface area contributed by atoms with E-state index in [0.29, 0.717) is 4.57 Å². The molecule has 1 unspecified atom stereocenters. The molecule has 3 N–H and O–H groups in total. The summed E-state index contributed by atoms with van der Waals surface area (Å²) in [5.74, 6) is -3.69. The van der Waals surface area contributed by atoms with E-state index in [2.05, 4.69) is 0 Å². The number of fused-ring (bicyclic) bond motifs is 1. The molecule has 2 amide bonds. The van der Waals surface area contributed by atoms with Gasteiger partial charge in [-0.1, -0.05) is 29.8 Å². The molecular weight excluding hydrogens is 453 g/mol. The summed E-state index contributed by atoms with van der Waals surface area (Å²) in [5, 5.41) is 3.91. The van der Waals surface area contributed by atoms with Crippen LogP contribution in [0.1, 0.15) is 15.9 Å². The normalized spacial score (nSPS) is 17.6. The highest BCUT2D eigenvalue weighted by Crippen LogP contribution is 2.45. The van der Waals surface area contributed by atoms with Gasteiger partial charge in [-0.2, -0.15) is 13.2 Å². The largest absolute Gasteiger partial charge is 0.425 e. The Labute approximate surface area is 181 Å². The average Bonchev–Trinajstić information content (AvgIpc) is 3.03. The molecule has 1 aliphatic rings. The maximum absolute atomic E-state index is 14.4. The quantitative estimate of drug-likeness (QED) is 0.552. The summed E-state index contributed by atoms with van der Waals surface area (Å²) < 4.78 is 43.8. The van der Waals surface area contributed by atoms with Crippen LogP contribution in [0.5, 0.6) is 0 Å². The summed E-state index contributed by atoms with van der Waals surface area (Å²) in [6.45, 7) is 0. The first-order chi connectivity index (χ1) is 15.1. The third-order valence-electron chi connectivity index (χ3n) is 4.91. The summed E-state index contributed by atoms with van der Waals surface area (Å²) in [7, 11) is 0. The molecule has 4 rings (SSSR count). The first kappa shape index (κ1) is 21.4. The topological polar surface area (TPSA) is 113 Å². The molecule has 8 nitrogen and oxygen atoms in total. The van der Waals surface area contributed by atoms with Gasteiger partial charge < -0.3 is 10.6 Å². The van der Waals surface area contributed by atoms with Crippen LogP contribution >= 0.6 is 11.6 Å². The minimum atomic E-state index is -5.43. The molecule has 32 heavy (non-hydrogen) atoms. The molecular formula is C20H12ClF3N4O4. The number of amides is 2. The van der Waals surface area contributed by atoms with E-state index >= 15 is 0 Å². The van der Waals surface area contributed by atoms with Gasteiger partial charge >= 0.3 is 11.9 Å². The number of H-pyrrole nitrogens is 1. The van der Waals surface area contributed by atoms with Crippen LogP contribution in [0.4, 0.5) is 19.0 Å². The Hall–Kier alpha value is -3.86. The van der Waals surface area contributed by atoms with Crippen molar-refractivity contribution < 1.29 is 22.8 Å². The smallest absolute Gasteiger partial charge is 0.326 e. The Morgan fingerprint density at radius 1 is 1.00 bits per heavy atom. The van der Waals surface area contributed by atoms with Crippen molar-refractivity contribution >= 4 is 29.2 Å². The molecule has 0 saturated heterocycles. The highest BCUT2D eigenvalue weighted by molar-refractivity contribution is 6.30. The van der Waals surface area contributed by atoms with Gasteiger partial charge in [0.25, 0.3) is 22.9 Å². The Morgan fingerprint density at radius 3 is 2.22 bits per heavy atom. The molecule has 2 aromatic carbocycles. The van der Waals surface area contributed by atoms with Crippen LogP contribution in [0.25, 0.3) is 5.69 Å². The summed E-state index contributed by atoms with van der Waals surface area (Å²) in [5.41, 5.74) is -7.60. The Kier molecular flexibility index (Phi) is 4.93. The van der Waals surface area contributed by atoms with E-state index in [0.717, 1.165) is 0 Å². The second-order valence-corrected chi connectivity index (χ2v) is 7.25. The first-order valence-electron chi connectivity index (χ1n) is 8.98. The monoisotopic (exact) mass is 464 g/mol. The number of nitrogens with zero attached hydrogens (tertiary/aromatic N) is 1. The molecule has 2 heterocycles. The minimum absolute atomic E-state index is 0.0274. The lowest BCUT2D eigenvalue weighted by Gasteiger charge is -2.30. The fourth-order valence-electron chi connectivity index (χ4n) is 3.45. The van der Waals surface area contributed by atoms with Gasteiger partial charge in [0.2, 0.25) is 0 Å². The third-order valence-corrected chi connectivity index (χ3v) is 5.16. The zero-order chi connectivity index (χ0) is 23.3. The van der Waals surface area contributed by atoms with Gasteiger partial charge in [0.05, 0.1) is 5.69 Å². The summed E-state index contributed by atoms with van der Waals surface area (Å²) >= 11 is 5.81. The summed E-state index contributed by atoms with van der Waals surface area (Å²) in [6.07, 6.45) is -5.43. The van der Waals surface area contributed by atoms with Gasteiger partial charge in [0.15, 0.2) is 0 Å². The molecule has 1 aromatic heterocycles. The lowest BCUT2D eigenvalue weighted by molar-refractivity contribution is -0.196. The second-order valence-electron chi connectivity index (χ2n) is 6.82. The number of carbonyl (C=O) groups excluding carboxylic acids is 2. The zero-order valence-electron chi connectivity index (χ0n) is 15.8. The van der Waals surface area contributed by atoms with Gasteiger partial charge in [0, 0.05) is 10.6 Å². The van der Waals surface area contributed by atoms with Crippen molar-refractivity contribution in [3.05, 3.63) is 91.6 Å². The van der Waals surface area contributed by atoms with Gasteiger partial charge in [-0.25, -0.2) is 9.36 Å². The van der Waals surface area contributed by atoms with Crippen molar-refractivity contribution in [2.24, 2.45) is 0 Å². The summed E-state index contributed by atoms with van der Waals surface area (Å²) in [4.78, 5) is 52.1. The van der Waals surface area contributed by atoms with Gasteiger partial charge in [-0.05, 0) is 36.4 Å². The van der Waals surface area contributed by atoms with E-state index in [-0.39, 0.29) is 16.3 Å².